The van der Waals surface area contributed by atoms with E-state index in [2.05, 4.69) is 15.0 Å². The Bertz CT molecular complexity index is 1210. The normalized spacial score (nSPS) is 16.4. The first-order valence-corrected chi connectivity index (χ1v) is 11.9. The van der Waals surface area contributed by atoms with Crippen LogP contribution in [0.15, 0.2) is 65.0 Å². The molecule has 2 N–H and O–H groups in total. The van der Waals surface area contributed by atoms with Crippen molar-refractivity contribution in [1.29, 1.82) is 0 Å². The number of thiazole rings is 1. The number of carbonyl (C=O) groups excluding carboxylic acids is 2. The Hall–Kier alpha value is -3.24. The Labute approximate surface area is 184 Å². The van der Waals surface area contributed by atoms with Crippen molar-refractivity contribution in [3.05, 3.63) is 65.7 Å². The smallest absolute Gasteiger partial charge is 0.263 e. The topological polar surface area (TPSA) is 108 Å². The number of nitrogens with one attached hydrogen (secondary N) is 2. The van der Waals surface area contributed by atoms with Gasteiger partial charge in [0.15, 0.2) is 5.13 Å². The Morgan fingerprint density at radius 1 is 1.16 bits per heavy atom. The average Bonchev–Trinajstić information content (AvgIpc) is 3.38. The number of carbonyl (C=O) groups is 2. The summed E-state index contributed by atoms with van der Waals surface area (Å²) in [6.07, 6.45) is 1.64. The highest BCUT2D eigenvalue weighted by atomic mass is 32.2. The molecule has 1 fully saturated rings. The molecule has 2 aromatic carbocycles. The lowest BCUT2D eigenvalue weighted by Gasteiger charge is -2.19. The van der Waals surface area contributed by atoms with E-state index in [-0.39, 0.29) is 28.3 Å². The second-order valence-corrected chi connectivity index (χ2v) is 9.73. The van der Waals surface area contributed by atoms with Crippen LogP contribution >= 0.6 is 11.3 Å². The lowest BCUT2D eigenvalue weighted by atomic mass is 10.1. The zero-order valence-electron chi connectivity index (χ0n) is 16.6. The van der Waals surface area contributed by atoms with E-state index in [1.54, 1.807) is 10.3 Å². The van der Waals surface area contributed by atoms with Crippen LogP contribution in [-0.4, -0.2) is 31.8 Å². The van der Waals surface area contributed by atoms with Crippen LogP contribution in [0.1, 0.15) is 12.0 Å². The summed E-state index contributed by atoms with van der Waals surface area (Å²) in [6, 6.07) is 13.4. The molecule has 0 saturated carbocycles. The van der Waals surface area contributed by atoms with Gasteiger partial charge in [-0.05, 0) is 42.8 Å². The Morgan fingerprint density at radius 2 is 1.90 bits per heavy atom. The average molecular weight is 457 g/mol. The molecule has 0 aliphatic carbocycles. The van der Waals surface area contributed by atoms with E-state index in [4.69, 9.17) is 0 Å². The van der Waals surface area contributed by atoms with Gasteiger partial charge in [-0.2, -0.15) is 0 Å². The van der Waals surface area contributed by atoms with Crippen LogP contribution in [0.5, 0.6) is 0 Å². The minimum absolute atomic E-state index is 0.0578. The van der Waals surface area contributed by atoms with E-state index in [1.807, 2.05) is 31.2 Å². The van der Waals surface area contributed by atoms with Crippen LogP contribution in [0, 0.1) is 12.8 Å². The van der Waals surface area contributed by atoms with Gasteiger partial charge in [-0.25, -0.2) is 13.4 Å². The number of benzene rings is 2. The summed E-state index contributed by atoms with van der Waals surface area (Å²) in [5.41, 5.74) is 2.24. The van der Waals surface area contributed by atoms with Gasteiger partial charge in [0, 0.05) is 35.9 Å². The molecule has 2 heterocycles. The summed E-state index contributed by atoms with van der Waals surface area (Å²) >= 11 is 1.18. The molecule has 0 radical (unpaired) electrons. The van der Waals surface area contributed by atoms with Gasteiger partial charge in [0.05, 0.1) is 10.8 Å². The molecule has 3 aromatic rings. The van der Waals surface area contributed by atoms with Crippen molar-refractivity contribution < 1.29 is 18.0 Å². The maximum Gasteiger partial charge on any atom is 0.263 e. The molecule has 10 heteroatoms. The fraction of sp³-hybridized carbons (Fsp3) is 0.190. The minimum Gasteiger partial charge on any atom is -0.326 e. The third kappa shape index (κ3) is 4.59. The molecule has 1 aliphatic rings. The number of amides is 2. The Balaban J connectivity index is 1.41. The van der Waals surface area contributed by atoms with E-state index in [1.165, 1.54) is 41.8 Å². The first-order chi connectivity index (χ1) is 14.8. The molecule has 1 aromatic heterocycles. The van der Waals surface area contributed by atoms with Crippen molar-refractivity contribution in [2.45, 2.75) is 18.2 Å². The van der Waals surface area contributed by atoms with Gasteiger partial charge in [0.1, 0.15) is 0 Å². The van der Waals surface area contributed by atoms with Crippen molar-refractivity contribution in [2.24, 2.45) is 5.92 Å². The summed E-state index contributed by atoms with van der Waals surface area (Å²) in [4.78, 5) is 30.7. The monoisotopic (exact) mass is 456 g/mol. The molecule has 1 atom stereocenters. The number of rotatable bonds is 6. The number of aromatic nitrogens is 1. The highest BCUT2D eigenvalue weighted by Gasteiger charge is 2.35. The second kappa shape index (κ2) is 8.48. The van der Waals surface area contributed by atoms with Gasteiger partial charge in [0.25, 0.3) is 10.0 Å². The van der Waals surface area contributed by atoms with Gasteiger partial charge in [-0.3, -0.25) is 14.3 Å². The number of sulfonamides is 1. The maximum absolute atomic E-state index is 12.7. The molecule has 2 amide bonds. The van der Waals surface area contributed by atoms with Crippen molar-refractivity contribution in [3.63, 3.8) is 0 Å². The summed E-state index contributed by atoms with van der Waals surface area (Å²) < 4.78 is 27.2. The standard InChI is InChI=1S/C21H20N4O4S2/c1-14-4-2-3-5-18(14)25-13-15(12-19(25)26)20(27)23-16-6-8-17(9-7-16)31(28,29)24-21-22-10-11-30-21/h2-11,15H,12-13H2,1H3,(H,22,24)(H,23,27)/t15-/m0/s1. The molecule has 1 aliphatic heterocycles. The van der Waals surface area contributed by atoms with Gasteiger partial charge in [0.2, 0.25) is 11.8 Å². The minimum atomic E-state index is -3.76. The van der Waals surface area contributed by atoms with Crippen LogP contribution in [0.25, 0.3) is 0 Å². The van der Waals surface area contributed by atoms with Crippen molar-refractivity contribution >= 4 is 49.7 Å². The molecule has 4 rings (SSSR count). The third-order valence-corrected chi connectivity index (χ3v) is 7.16. The van der Waals surface area contributed by atoms with E-state index in [0.29, 0.717) is 12.2 Å². The van der Waals surface area contributed by atoms with Crippen LogP contribution in [-0.2, 0) is 19.6 Å². The molecule has 0 spiro atoms. The number of hydrogen-bond acceptors (Lipinski definition) is 6. The summed E-state index contributed by atoms with van der Waals surface area (Å²) in [5, 5.41) is 4.72. The third-order valence-electron chi connectivity index (χ3n) is 4.99. The Morgan fingerprint density at radius 3 is 2.58 bits per heavy atom. The van der Waals surface area contributed by atoms with E-state index < -0.39 is 15.9 Å². The van der Waals surface area contributed by atoms with E-state index in [9.17, 15) is 18.0 Å². The molecule has 0 unspecified atom stereocenters. The van der Waals surface area contributed by atoms with Crippen molar-refractivity contribution in [3.8, 4) is 0 Å². The Kier molecular flexibility index (Phi) is 5.75. The molecule has 1 saturated heterocycles. The van der Waals surface area contributed by atoms with Gasteiger partial charge in [-0.1, -0.05) is 18.2 Å². The highest BCUT2D eigenvalue weighted by Crippen LogP contribution is 2.28. The highest BCUT2D eigenvalue weighted by molar-refractivity contribution is 7.93. The van der Waals surface area contributed by atoms with Crippen LogP contribution in [0.3, 0.4) is 0 Å². The zero-order chi connectivity index (χ0) is 22.0. The van der Waals surface area contributed by atoms with Gasteiger partial charge in [-0.15, -0.1) is 11.3 Å². The molecule has 0 bridgehead atoms. The second-order valence-electron chi connectivity index (χ2n) is 7.15. The zero-order valence-corrected chi connectivity index (χ0v) is 18.2. The summed E-state index contributed by atoms with van der Waals surface area (Å²) in [6.45, 7) is 2.23. The molecular formula is C21H20N4O4S2. The van der Waals surface area contributed by atoms with Crippen LogP contribution < -0.4 is 14.9 Å². The van der Waals surface area contributed by atoms with Crippen molar-refractivity contribution in [1.82, 2.24) is 4.98 Å². The predicted octanol–water partition coefficient (Wildman–Crippen LogP) is 3.24. The lowest BCUT2D eigenvalue weighted by molar-refractivity contribution is -0.122. The van der Waals surface area contributed by atoms with Gasteiger partial charge < -0.3 is 10.2 Å². The lowest BCUT2D eigenvalue weighted by Crippen LogP contribution is -2.28. The van der Waals surface area contributed by atoms with Crippen LogP contribution in [0.2, 0.25) is 0 Å². The summed E-state index contributed by atoms with van der Waals surface area (Å²) in [7, 11) is -3.76. The fourth-order valence-corrected chi connectivity index (χ4v) is 5.18. The molecular weight excluding hydrogens is 436 g/mol. The number of hydrogen-bond donors (Lipinski definition) is 2. The largest absolute Gasteiger partial charge is 0.326 e. The SMILES string of the molecule is Cc1ccccc1N1C[C@@H](C(=O)Nc2ccc(S(=O)(=O)Nc3nccs3)cc2)CC1=O. The molecule has 31 heavy (non-hydrogen) atoms. The number of anilines is 3. The maximum atomic E-state index is 12.7. The fourth-order valence-electron chi connectivity index (χ4n) is 3.39. The van der Waals surface area contributed by atoms with Crippen molar-refractivity contribution in [2.75, 3.05) is 21.5 Å². The predicted molar refractivity (Wildman–Crippen MR) is 120 cm³/mol. The van der Waals surface area contributed by atoms with E-state index >= 15 is 0 Å². The first-order valence-electron chi connectivity index (χ1n) is 9.53. The van der Waals surface area contributed by atoms with E-state index in [0.717, 1.165) is 11.3 Å². The number of aryl methyl sites for hydroxylation is 1. The number of para-hydroxylation sites is 1. The quantitative estimate of drug-likeness (QED) is 0.592. The first kappa shape index (κ1) is 21.0. The van der Waals surface area contributed by atoms with Crippen LogP contribution in [0.4, 0.5) is 16.5 Å². The van der Waals surface area contributed by atoms with Gasteiger partial charge >= 0.3 is 0 Å². The number of nitrogens with zero attached hydrogens (tertiary/aromatic N) is 2. The molecule has 160 valence electrons. The summed E-state index contributed by atoms with van der Waals surface area (Å²) in [5.74, 6) is -0.854. The molecule has 8 nitrogen and oxygen atoms in total.